The minimum atomic E-state index is -0.639. The average Bonchev–Trinajstić information content (AvgIpc) is 1.82. The molecule has 0 unspecified atom stereocenters. The number of amides is 1. The summed E-state index contributed by atoms with van der Waals surface area (Å²) < 4.78 is 4.58. The molecular formula is C5H10N2NiO2S2. The molecule has 1 amide bonds. The van der Waals surface area contributed by atoms with Gasteiger partial charge in [-0.1, -0.05) is 25.3 Å². The van der Waals surface area contributed by atoms with Gasteiger partial charge in [-0.05, 0) is 12.2 Å². The van der Waals surface area contributed by atoms with Crippen molar-refractivity contribution in [1.29, 1.82) is 0 Å². The maximum absolute atomic E-state index is 9.09. The van der Waals surface area contributed by atoms with E-state index in [1.165, 1.54) is 0 Å². The van der Waals surface area contributed by atoms with E-state index in [0.29, 0.717) is 6.61 Å². The second kappa shape index (κ2) is 13.3. The molecule has 0 aliphatic heterocycles. The minimum Gasteiger partial charge on any atom is -0.467 e. The first kappa shape index (κ1) is 17.7. The van der Waals surface area contributed by atoms with Gasteiger partial charge >= 0.3 is 0 Å². The van der Waals surface area contributed by atoms with E-state index in [1.54, 1.807) is 6.08 Å². The van der Waals surface area contributed by atoms with Crippen molar-refractivity contribution >= 4 is 35.3 Å². The van der Waals surface area contributed by atoms with Gasteiger partial charge < -0.3 is 16.2 Å². The van der Waals surface area contributed by atoms with Crippen LogP contribution in [0, 0.1) is 0 Å². The largest absolute Gasteiger partial charge is 0.467 e. The summed E-state index contributed by atoms with van der Waals surface area (Å²) in [4.78, 5) is 9.09. The van der Waals surface area contributed by atoms with Gasteiger partial charge in [0.15, 0.2) is 0 Å². The third kappa shape index (κ3) is 53.2. The van der Waals surface area contributed by atoms with Crippen molar-refractivity contribution in [2.24, 2.45) is 11.5 Å². The molecule has 0 bridgehead atoms. The van der Waals surface area contributed by atoms with Gasteiger partial charge in [0.25, 0.3) is 10.4 Å². The Labute approximate surface area is 92.0 Å². The summed E-state index contributed by atoms with van der Waals surface area (Å²) in [5, 5.41) is -0.570. The number of primary amides is 1. The number of thiocarbonyl (C=S) groups is 1. The fourth-order valence-corrected chi connectivity index (χ4v) is 0.209. The fourth-order valence-electron chi connectivity index (χ4n) is 0.141. The van der Waals surface area contributed by atoms with Gasteiger partial charge in [-0.3, -0.25) is 4.79 Å². The topological polar surface area (TPSA) is 78.3 Å². The first-order chi connectivity index (χ1) is 5.00. The van der Waals surface area contributed by atoms with Crippen LogP contribution < -0.4 is 11.5 Å². The number of rotatable bonds is 2. The number of ether oxygens (including phenoxy) is 1. The molecular weight excluding hydrogens is 243 g/mol. The Bertz CT molecular complexity index is 150. The van der Waals surface area contributed by atoms with Crippen LogP contribution in [0.25, 0.3) is 0 Å². The SMILES string of the molecule is C=CCOC(N)=S.NC(=O)S.[Ni]. The zero-order valence-electron chi connectivity index (χ0n) is 6.13. The van der Waals surface area contributed by atoms with E-state index in [0.717, 1.165) is 0 Å². The van der Waals surface area contributed by atoms with Crippen molar-refractivity contribution in [3.63, 3.8) is 0 Å². The van der Waals surface area contributed by atoms with E-state index >= 15 is 0 Å². The van der Waals surface area contributed by atoms with E-state index in [1.807, 2.05) is 0 Å². The van der Waals surface area contributed by atoms with E-state index in [4.69, 9.17) is 10.5 Å². The molecule has 4 nitrogen and oxygen atoms in total. The molecule has 0 rings (SSSR count). The van der Waals surface area contributed by atoms with Crippen LogP contribution in [0.4, 0.5) is 4.79 Å². The van der Waals surface area contributed by atoms with E-state index in [-0.39, 0.29) is 21.7 Å². The van der Waals surface area contributed by atoms with Crippen molar-refractivity contribution in [1.82, 2.24) is 0 Å². The summed E-state index contributed by atoms with van der Waals surface area (Å²) in [5.74, 6) is 0. The molecule has 0 atom stereocenters. The van der Waals surface area contributed by atoms with Crippen LogP contribution in [0.1, 0.15) is 0 Å². The molecule has 0 heterocycles. The molecule has 0 radical (unpaired) electrons. The number of hydrogen-bond donors (Lipinski definition) is 3. The van der Waals surface area contributed by atoms with Crippen LogP contribution in [0.15, 0.2) is 12.7 Å². The first-order valence-corrected chi connectivity index (χ1v) is 3.37. The van der Waals surface area contributed by atoms with Gasteiger partial charge in [-0.15, -0.1) is 0 Å². The second-order valence-corrected chi connectivity index (χ2v) is 2.10. The average molecular weight is 253 g/mol. The van der Waals surface area contributed by atoms with E-state index in [2.05, 4.69) is 41.9 Å². The van der Waals surface area contributed by atoms with Crippen LogP contribution >= 0.6 is 24.8 Å². The van der Waals surface area contributed by atoms with Crippen LogP contribution in [0.2, 0.25) is 0 Å². The van der Waals surface area contributed by atoms with Gasteiger partial charge in [0.05, 0.1) is 0 Å². The normalized spacial score (nSPS) is 6.42. The van der Waals surface area contributed by atoms with Crippen molar-refractivity contribution in [2.75, 3.05) is 6.61 Å². The Morgan fingerprint density at radius 2 is 2.00 bits per heavy atom. The van der Waals surface area contributed by atoms with E-state index < -0.39 is 5.24 Å². The summed E-state index contributed by atoms with van der Waals surface area (Å²) in [6, 6.07) is 0. The van der Waals surface area contributed by atoms with Gasteiger partial charge in [0, 0.05) is 16.5 Å². The van der Waals surface area contributed by atoms with E-state index in [9.17, 15) is 0 Å². The molecule has 74 valence electrons. The Kier molecular flexibility index (Phi) is 19.7. The summed E-state index contributed by atoms with van der Waals surface area (Å²) in [6.45, 7) is 3.79. The van der Waals surface area contributed by atoms with Crippen molar-refractivity contribution in [3.05, 3.63) is 12.7 Å². The molecule has 12 heavy (non-hydrogen) atoms. The zero-order chi connectivity index (χ0) is 9.28. The van der Waals surface area contributed by atoms with Crippen LogP contribution in [0.5, 0.6) is 0 Å². The summed E-state index contributed by atoms with van der Waals surface area (Å²) in [6.07, 6.45) is 1.58. The van der Waals surface area contributed by atoms with Crippen LogP contribution in [-0.4, -0.2) is 17.0 Å². The Hall–Kier alpha value is -0.256. The molecule has 0 saturated carbocycles. The second-order valence-electron chi connectivity index (χ2n) is 1.26. The number of nitrogens with two attached hydrogens (primary N) is 2. The monoisotopic (exact) mass is 252 g/mol. The molecule has 0 aromatic carbocycles. The number of hydrogen-bond acceptors (Lipinski definition) is 3. The maximum atomic E-state index is 9.09. The van der Waals surface area contributed by atoms with Gasteiger partial charge in [-0.2, -0.15) is 0 Å². The molecule has 7 heteroatoms. The third-order valence-corrected chi connectivity index (χ3v) is 0.461. The quantitative estimate of drug-likeness (QED) is 0.288. The summed E-state index contributed by atoms with van der Waals surface area (Å²) in [5.41, 5.74) is 9.28. The summed E-state index contributed by atoms with van der Waals surface area (Å²) in [7, 11) is 0. The van der Waals surface area contributed by atoms with Crippen molar-refractivity contribution in [3.8, 4) is 0 Å². The van der Waals surface area contributed by atoms with Crippen LogP contribution in [-0.2, 0) is 21.2 Å². The number of thiol groups is 1. The predicted octanol–water partition coefficient (Wildman–Crippen LogP) is 0.425. The number of carbonyl (C=O) groups excluding carboxylic acids is 1. The molecule has 0 spiro atoms. The molecule has 0 saturated heterocycles. The maximum Gasteiger partial charge on any atom is 0.273 e. The molecule has 0 aromatic rings. The molecule has 0 aliphatic carbocycles. The summed E-state index contributed by atoms with van der Waals surface area (Å²) >= 11 is 7.47. The fraction of sp³-hybridized carbons (Fsp3) is 0.200. The Morgan fingerprint density at radius 3 is 2.08 bits per heavy atom. The zero-order valence-corrected chi connectivity index (χ0v) is 8.83. The van der Waals surface area contributed by atoms with Gasteiger partial charge in [-0.25, -0.2) is 0 Å². The molecule has 0 aromatic heterocycles. The standard InChI is InChI=1S/C4H7NOS.CH3NOS.Ni/c1-2-3-6-4(5)7;2-1(3)4;/h2H,1,3H2,(H2,5,7);(H3,2,3,4);. The van der Waals surface area contributed by atoms with Gasteiger partial charge in [0.1, 0.15) is 6.61 Å². The Morgan fingerprint density at radius 1 is 1.67 bits per heavy atom. The molecule has 0 aliphatic rings. The third-order valence-electron chi connectivity index (χ3n) is 0.343. The Balaban J connectivity index is -0.000000142. The van der Waals surface area contributed by atoms with Crippen LogP contribution in [0.3, 0.4) is 0 Å². The molecule has 4 N–H and O–H groups in total. The molecule has 0 fully saturated rings. The van der Waals surface area contributed by atoms with Crippen molar-refractivity contribution < 1.29 is 26.0 Å². The minimum absolute atomic E-state index is 0. The van der Waals surface area contributed by atoms with Gasteiger partial charge in [0.2, 0.25) is 0 Å². The smallest absolute Gasteiger partial charge is 0.273 e. The number of carbonyl (C=O) groups is 1. The predicted molar refractivity (Wildman–Crippen MR) is 51.5 cm³/mol. The van der Waals surface area contributed by atoms with Crippen molar-refractivity contribution in [2.45, 2.75) is 0 Å². The first-order valence-electron chi connectivity index (χ1n) is 2.52.